The van der Waals surface area contributed by atoms with Gasteiger partial charge in [-0.15, -0.1) is 0 Å². The van der Waals surface area contributed by atoms with Crippen LogP contribution in [0.25, 0.3) is 0 Å². The predicted molar refractivity (Wildman–Crippen MR) is 109 cm³/mol. The SMILES string of the molecule is Cc1c(C(=O)Nc2ccccc2C(=O)Nc2ccc(Cl)cn2)cnn1C(C)C. The molecule has 0 aliphatic rings. The standard InChI is InChI=1S/C20H20ClN5O2/c1-12(2)26-13(3)16(11-23-26)20(28)24-17-7-5-4-6-15(17)19(27)25-18-9-8-14(21)10-22-18/h4-12H,1-3H3,(H,24,28)(H,22,25,27). The highest BCUT2D eigenvalue weighted by Gasteiger charge is 2.18. The molecule has 2 heterocycles. The maximum Gasteiger partial charge on any atom is 0.259 e. The van der Waals surface area contributed by atoms with E-state index in [9.17, 15) is 9.59 Å². The topological polar surface area (TPSA) is 88.9 Å². The van der Waals surface area contributed by atoms with Crippen LogP contribution in [0.5, 0.6) is 0 Å². The lowest BCUT2D eigenvalue weighted by atomic mass is 10.1. The van der Waals surface area contributed by atoms with E-state index in [1.54, 1.807) is 41.1 Å². The van der Waals surface area contributed by atoms with E-state index < -0.39 is 0 Å². The van der Waals surface area contributed by atoms with Crippen molar-refractivity contribution >= 4 is 34.9 Å². The molecular formula is C20H20ClN5O2. The molecule has 0 fully saturated rings. The Hall–Kier alpha value is -3.19. The van der Waals surface area contributed by atoms with Gasteiger partial charge in [-0.25, -0.2) is 4.98 Å². The third-order valence-electron chi connectivity index (χ3n) is 4.17. The predicted octanol–water partition coefficient (Wildman–Crippen LogP) is 4.33. The molecule has 8 heteroatoms. The number of hydrogen-bond donors (Lipinski definition) is 2. The van der Waals surface area contributed by atoms with Gasteiger partial charge < -0.3 is 10.6 Å². The van der Waals surface area contributed by atoms with Crippen molar-refractivity contribution in [2.24, 2.45) is 0 Å². The van der Waals surface area contributed by atoms with Gasteiger partial charge in [-0.2, -0.15) is 5.10 Å². The summed E-state index contributed by atoms with van der Waals surface area (Å²) >= 11 is 5.81. The van der Waals surface area contributed by atoms with Gasteiger partial charge in [-0.05, 0) is 45.0 Å². The molecule has 28 heavy (non-hydrogen) atoms. The molecule has 0 bridgehead atoms. The number of nitrogens with zero attached hydrogens (tertiary/aromatic N) is 3. The van der Waals surface area contributed by atoms with Gasteiger partial charge in [0.05, 0.1) is 28.0 Å². The second-order valence-electron chi connectivity index (χ2n) is 6.50. The van der Waals surface area contributed by atoms with Crippen LogP contribution in [0.3, 0.4) is 0 Å². The molecule has 0 aliphatic carbocycles. The van der Waals surface area contributed by atoms with E-state index in [2.05, 4.69) is 20.7 Å². The van der Waals surface area contributed by atoms with Crippen LogP contribution in [0, 0.1) is 6.92 Å². The van der Waals surface area contributed by atoms with Crippen molar-refractivity contribution in [1.82, 2.24) is 14.8 Å². The molecule has 0 saturated heterocycles. The third-order valence-corrected chi connectivity index (χ3v) is 4.39. The summed E-state index contributed by atoms with van der Waals surface area (Å²) in [5.74, 6) is -0.348. The lowest BCUT2D eigenvalue weighted by Gasteiger charge is -2.12. The van der Waals surface area contributed by atoms with Crippen LogP contribution in [0.4, 0.5) is 11.5 Å². The van der Waals surface area contributed by atoms with Gasteiger partial charge >= 0.3 is 0 Å². The quantitative estimate of drug-likeness (QED) is 0.670. The molecule has 7 nitrogen and oxygen atoms in total. The summed E-state index contributed by atoms with van der Waals surface area (Å²) in [6.07, 6.45) is 2.98. The van der Waals surface area contributed by atoms with Gasteiger partial charge in [0.2, 0.25) is 0 Å². The molecule has 0 atom stereocenters. The van der Waals surface area contributed by atoms with Crippen molar-refractivity contribution in [3.05, 3.63) is 70.6 Å². The highest BCUT2D eigenvalue weighted by Crippen LogP contribution is 2.20. The number of rotatable bonds is 5. The summed E-state index contributed by atoms with van der Waals surface area (Å²) in [5, 5.41) is 10.2. The average molecular weight is 398 g/mol. The smallest absolute Gasteiger partial charge is 0.259 e. The molecule has 2 aromatic heterocycles. The minimum Gasteiger partial charge on any atom is -0.321 e. The lowest BCUT2D eigenvalue weighted by Crippen LogP contribution is -2.19. The van der Waals surface area contributed by atoms with Crippen molar-refractivity contribution in [3.8, 4) is 0 Å². The fraction of sp³-hybridized carbons (Fsp3) is 0.200. The van der Waals surface area contributed by atoms with Crippen molar-refractivity contribution < 1.29 is 9.59 Å². The molecule has 2 N–H and O–H groups in total. The van der Waals surface area contributed by atoms with E-state index in [0.29, 0.717) is 27.7 Å². The monoisotopic (exact) mass is 397 g/mol. The number of amides is 2. The Morgan fingerprint density at radius 1 is 1.00 bits per heavy atom. The van der Waals surface area contributed by atoms with E-state index in [1.807, 2.05) is 20.8 Å². The van der Waals surface area contributed by atoms with Gasteiger partial charge in [0.15, 0.2) is 0 Å². The Morgan fingerprint density at radius 3 is 2.36 bits per heavy atom. The summed E-state index contributed by atoms with van der Waals surface area (Å²) < 4.78 is 1.78. The molecule has 0 radical (unpaired) electrons. The zero-order valence-electron chi connectivity index (χ0n) is 15.7. The molecule has 1 aromatic carbocycles. The summed E-state index contributed by atoms with van der Waals surface area (Å²) in [6, 6.07) is 10.2. The van der Waals surface area contributed by atoms with Crippen molar-refractivity contribution in [2.75, 3.05) is 10.6 Å². The Kier molecular flexibility index (Phi) is 5.75. The third kappa shape index (κ3) is 4.20. The molecule has 0 unspecified atom stereocenters. The first-order chi connectivity index (χ1) is 13.4. The molecular weight excluding hydrogens is 378 g/mol. The van der Waals surface area contributed by atoms with E-state index in [4.69, 9.17) is 11.6 Å². The van der Waals surface area contributed by atoms with Crippen LogP contribution in [0.15, 0.2) is 48.8 Å². The first kappa shape index (κ1) is 19.6. The molecule has 0 spiro atoms. The van der Waals surface area contributed by atoms with Crippen molar-refractivity contribution in [2.45, 2.75) is 26.8 Å². The highest BCUT2D eigenvalue weighted by molar-refractivity contribution is 6.30. The summed E-state index contributed by atoms with van der Waals surface area (Å²) in [4.78, 5) is 29.4. The minimum atomic E-state index is -0.389. The van der Waals surface area contributed by atoms with Gasteiger partial charge in [0, 0.05) is 17.9 Å². The lowest BCUT2D eigenvalue weighted by molar-refractivity contribution is 0.102. The van der Waals surface area contributed by atoms with Crippen LogP contribution < -0.4 is 10.6 Å². The summed E-state index contributed by atoms with van der Waals surface area (Å²) in [7, 11) is 0. The van der Waals surface area contributed by atoms with E-state index in [-0.39, 0.29) is 17.9 Å². The zero-order valence-corrected chi connectivity index (χ0v) is 16.5. The number of nitrogens with one attached hydrogen (secondary N) is 2. The van der Waals surface area contributed by atoms with Crippen molar-refractivity contribution in [3.63, 3.8) is 0 Å². The second-order valence-corrected chi connectivity index (χ2v) is 6.93. The highest BCUT2D eigenvalue weighted by atomic mass is 35.5. The van der Waals surface area contributed by atoms with Gasteiger partial charge in [0.25, 0.3) is 11.8 Å². The van der Waals surface area contributed by atoms with E-state index in [0.717, 1.165) is 5.69 Å². The Morgan fingerprint density at radius 2 is 1.71 bits per heavy atom. The molecule has 3 aromatic rings. The fourth-order valence-electron chi connectivity index (χ4n) is 2.78. The molecule has 3 rings (SSSR count). The van der Waals surface area contributed by atoms with Crippen LogP contribution in [-0.4, -0.2) is 26.6 Å². The Balaban J connectivity index is 1.81. The van der Waals surface area contributed by atoms with Crippen LogP contribution in [0.2, 0.25) is 5.02 Å². The first-order valence-corrected chi connectivity index (χ1v) is 9.12. The second kappa shape index (κ2) is 8.22. The van der Waals surface area contributed by atoms with Crippen LogP contribution >= 0.6 is 11.6 Å². The largest absolute Gasteiger partial charge is 0.321 e. The normalized spacial score (nSPS) is 10.8. The summed E-state index contributed by atoms with van der Waals surface area (Å²) in [5.41, 5.74) is 1.94. The van der Waals surface area contributed by atoms with Gasteiger partial charge in [-0.3, -0.25) is 14.3 Å². The number of hydrogen-bond acceptors (Lipinski definition) is 4. The number of halogens is 1. The van der Waals surface area contributed by atoms with Gasteiger partial charge in [0.1, 0.15) is 5.82 Å². The van der Waals surface area contributed by atoms with E-state index >= 15 is 0 Å². The zero-order chi connectivity index (χ0) is 20.3. The van der Waals surface area contributed by atoms with Crippen LogP contribution in [-0.2, 0) is 0 Å². The number of carbonyl (C=O) groups excluding carboxylic acids is 2. The Labute approximate surface area is 167 Å². The van der Waals surface area contributed by atoms with Crippen LogP contribution in [0.1, 0.15) is 46.3 Å². The molecule has 144 valence electrons. The number of pyridine rings is 1. The minimum absolute atomic E-state index is 0.145. The molecule has 2 amide bonds. The number of benzene rings is 1. The fourth-order valence-corrected chi connectivity index (χ4v) is 2.89. The summed E-state index contributed by atoms with van der Waals surface area (Å²) in [6.45, 7) is 5.82. The van der Waals surface area contributed by atoms with E-state index in [1.165, 1.54) is 12.4 Å². The average Bonchev–Trinajstić information content (AvgIpc) is 3.06. The number of anilines is 2. The maximum atomic E-state index is 12.7. The Bertz CT molecular complexity index is 1010. The number of carbonyl (C=O) groups is 2. The first-order valence-electron chi connectivity index (χ1n) is 8.74. The number of aromatic nitrogens is 3. The van der Waals surface area contributed by atoms with Gasteiger partial charge in [-0.1, -0.05) is 23.7 Å². The van der Waals surface area contributed by atoms with Crippen molar-refractivity contribution in [1.29, 1.82) is 0 Å². The maximum absolute atomic E-state index is 12.7. The molecule has 0 saturated carbocycles. The molecule has 0 aliphatic heterocycles. The number of para-hydroxylation sites is 1.